The predicted molar refractivity (Wildman–Crippen MR) is 94.9 cm³/mol. The second-order valence-electron chi connectivity index (χ2n) is 6.75. The Morgan fingerprint density at radius 3 is 2.50 bits per heavy atom. The van der Waals surface area contributed by atoms with Gasteiger partial charge in [-0.2, -0.15) is 0 Å². The molecule has 136 valence electrons. The quantitative estimate of drug-likeness (QED) is 0.789. The summed E-state index contributed by atoms with van der Waals surface area (Å²) in [5, 5.41) is 13.3. The Bertz CT molecular complexity index is 861. The van der Waals surface area contributed by atoms with Gasteiger partial charge >= 0.3 is 0 Å². The summed E-state index contributed by atoms with van der Waals surface area (Å²) in [4.78, 5) is 48.6. The van der Waals surface area contributed by atoms with E-state index in [0.717, 1.165) is 0 Å². The summed E-state index contributed by atoms with van der Waals surface area (Å²) in [7, 11) is 0. The van der Waals surface area contributed by atoms with Gasteiger partial charge in [0.25, 0.3) is 5.91 Å². The fourth-order valence-electron chi connectivity index (χ4n) is 3.69. The van der Waals surface area contributed by atoms with Gasteiger partial charge in [-0.05, 0) is 37.5 Å². The Labute approximate surface area is 155 Å². The maximum Gasteiger partial charge on any atom is 0.259 e. The maximum atomic E-state index is 13.2. The third-order valence-electron chi connectivity index (χ3n) is 5.04. The monoisotopic (exact) mass is 375 g/mol. The molecule has 0 radical (unpaired) electrons. The molecule has 0 bridgehead atoms. The molecule has 1 amide bonds. The van der Waals surface area contributed by atoms with E-state index < -0.39 is 22.9 Å². The normalized spacial score (nSPS) is 18.7. The SMILES string of the molecule is CC(=O)CNC(=O)C1=C(O)c2cc(Cl)ccc2C2(CCC(=O)CC2)C1=O. The minimum absolute atomic E-state index is 0.0697. The Kier molecular flexibility index (Phi) is 4.71. The van der Waals surface area contributed by atoms with Crippen LogP contribution in [-0.2, 0) is 24.6 Å². The molecule has 2 aliphatic rings. The summed E-state index contributed by atoms with van der Waals surface area (Å²) in [6, 6.07) is 4.81. The lowest BCUT2D eigenvalue weighted by Crippen LogP contribution is -2.47. The van der Waals surface area contributed by atoms with E-state index in [0.29, 0.717) is 16.1 Å². The fraction of sp³-hybridized carbons (Fsp3) is 0.368. The van der Waals surface area contributed by atoms with Gasteiger partial charge in [0, 0.05) is 23.4 Å². The molecule has 7 heteroatoms. The number of ketones is 3. The minimum atomic E-state index is -1.04. The van der Waals surface area contributed by atoms with Crippen LogP contribution in [0.4, 0.5) is 0 Å². The molecule has 1 spiro atoms. The third kappa shape index (κ3) is 2.94. The van der Waals surface area contributed by atoms with Gasteiger partial charge < -0.3 is 10.4 Å². The number of hydrogen-bond acceptors (Lipinski definition) is 5. The van der Waals surface area contributed by atoms with Crippen molar-refractivity contribution in [1.82, 2.24) is 5.32 Å². The second-order valence-corrected chi connectivity index (χ2v) is 7.18. The van der Waals surface area contributed by atoms with Crippen LogP contribution >= 0.6 is 11.6 Å². The van der Waals surface area contributed by atoms with Crippen molar-refractivity contribution in [2.24, 2.45) is 0 Å². The average molecular weight is 376 g/mol. The minimum Gasteiger partial charge on any atom is -0.506 e. The molecule has 0 saturated heterocycles. The highest BCUT2D eigenvalue weighted by molar-refractivity contribution is 6.32. The van der Waals surface area contributed by atoms with Crippen LogP contribution in [0.5, 0.6) is 0 Å². The number of fused-ring (bicyclic) bond motifs is 2. The molecule has 6 nitrogen and oxygen atoms in total. The zero-order chi connectivity index (χ0) is 19.1. The molecule has 2 N–H and O–H groups in total. The highest BCUT2D eigenvalue weighted by atomic mass is 35.5. The first-order chi connectivity index (χ1) is 12.3. The Morgan fingerprint density at radius 1 is 1.23 bits per heavy atom. The fourth-order valence-corrected chi connectivity index (χ4v) is 3.86. The molecular formula is C19H18ClNO5. The maximum absolute atomic E-state index is 13.2. The number of Topliss-reactive ketones (excluding diaryl/α,β-unsaturated/α-hetero) is 3. The van der Waals surface area contributed by atoms with Crippen molar-refractivity contribution in [2.75, 3.05) is 6.54 Å². The molecule has 0 heterocycles. The molecule has 3 rings (SSSR count). The molecule has 0 atom stereocenters. The number of carbonyl (C=O) groups excluding carboxylic acids is 4. The second kappa shape index (κ2) is 6.68. The summed E-state index contributed by atoms with van der Waals surface area (Å²) in [6.45, 7) is 1.07. The van der Waals surface area contributed by atoms with Crippen LogP contribution in [0.2, 0.25) is 5.02 Å². The van der Waals surface area contributed by atoms with Crippen molar-refractivity contribution >= 4 is 40.6 Å². The molecule has 0 unspecified atom stereocenters. The number of aliphatic hydroxyl groups is 1. The zero-order valence-electron chi connectivity index (χ0n) is 14.2. The van der Waals surface area contributed by atoms with Crippen LogP contribution in [0.1, 0.15) is 43.7 Å². The van der Waals surface area contributed by atoms with Gasteiger partial charge in [-0.15, -0.1) is 0 Å². The first-order valence-corrected chi connectivity index (χ1v) is 8.72. The van der Waals surface area contributed by atoms with Crippen LogP contribution in [0.15, 0.2) is 23.8 Å². The molecule has 1 aromatic rings. The van der Waals surface area contributed by atoms with Crippen molar-refractivity contribution in [3.05, 3.63) is 39.9 Å². The van der Waals surface area contributed by atoms with Crippen LogP contribution in [0.3, 0.4) is 0 Å². The number of amides is 1. The number of rotatable bonds is 3. The molecule has 0 aromatic heterocycles. The van der Waals surface area contributed by atoms with E-state index >= 15 is 0 Å². The van der Waals surface area contributed by atoms with Gasteiger partial charge in [0.05, 0.1) is 12.0 Å². The van der Waals surface area contributed by atoms with Gasteiger partial charge in [-0.25, -0.2) is 0 Å². The lowest BCUT2D eigenvalue weighted by Gasteiger charge is -2.40. The summed E-state index contributed by atoms with van der Waals surface area (Å²) < 4.78 is 0. The molecule has 1 aromatic carbocycles. The highest BCUT2D eigenvalue weighted by Gasteiger charge is 2.50. The Hall–Kier alpha value is -2.47. The molecular weight excluding hydrogens is 358 g/mol. The van der Waals surface area contributed by atoms with E-state index in [1.165, 1.54) is 13.0 Å². The van der Waals surface area contributed by atoms with E-state index in [9.17, 15) is 24.3 Å². The number of hydrogen-bond donors (Lipinski definition) is 2. The topological polar surface area (TPSA) is 101 Å². The van der Waals surface area contributed by atoms with Gasteiger partial charge in [0.2, 0.25) is 0 Å². The predicted octanol–water partition coefficient (Wildman–Crippen LogP) is 2.28. The van der Waals surface area contributed by atoms with Crippen molar-refractivity contribution in [2.45, 2.75) is 38.0 Å². The number of benzene rings is 1. The van der Waals surface area contributed by atoms with Crippen molar-refractivity contribution in [1.29, 1.82) is 0 Å². The van der Waals surface area contributed by atoms with Gasteiger partial charge in [-0.3, -0.25) is 19.2 Å². The Morgan fingerprint density at radius 2 is 1.88 bits per heavy atom. The molecule has 1 fully saturated rings. The number of halogens is 1. The summed E-state index contributed by atoms with van der Waals surface area (Å²) in [5.41, 5.74) is -0.516. The zero-order valence-corrected chi connectivity index (χ0v) is 15.0. The third-order valence-corrected chi connectivity index (χ3v) is 5.27. The lowest BCUT2D eigenvalue weighted by molar-refractivity contribution is -0.129. The first kappa shape index (κ1) is 18.3. The van der Waals surface area contributed by atoms with E-state index in [1.807, 2.05) is 0 Å². The van der Waals surface area contributed by atoms with Gasteiger partial charge in [0.15, 0.2) is 5.78 Å². The smallest absolute Gasteiger partial charge is 0.259 e. The first-order valence-electron chi connectivity index (χ1n) is 8.34. The lowest BCUT2D eigenvalue weighted by atomic mass is 9.61. The van der Waals surface area contributed by atoms with Crippen LogP contribution in [0, 0.1) is 0 Å². The molecule has 0 aliphatic heterocycles. The van der Waals surface area contributed by atoms with Gasteiger partial charge in [0.1, 0.15) is 22.9 Å². The van der Waals surface area contributed by atoms with E-state index in [1.54, 1.807) is 12.1 Å². The number of aliphatic hydroxyl groups excluding tert-OH is 1. The number of carbonyl (C=O) groups is 4. The molecule has 2 aliphatic carbocycles. The van der Waals surface area contributed by atoms with Crippen molar-refractivity contribution < 1.29 is 24.3 Å². The van der Waals surface area contributed by atoms with Crippen LogP contribution < -0.4 is 5.32 Å². The van der Waals surface area contributed by atoms with Crippen molar-refractivity contribution in [3.8, 4) is 0 Å². The standard InChI is InChI=1S/C19H18ClNO5/c1-10(22)9-21-18(26)15-16(24)13-8-11(20)2-3-14(13)19(17(15)25)6-4-12(23)5-7-19/h2-3,8,24H,4-7,9H2,1H3,(H,21,26). The average Bonchev–Trinajstić information content (AvgIpc) is 2.60. The van der Waals surface area contributed by atoms with E-state index in [4.69, 9.17) is 11.6 Å². The van der Waals surface area contributed by atoms with Crippen LogP contribution in [-0.4, -0.2) is 34.9 Å². The summed E-state index contributed by atoms with van der Waals surface area (Å²) in [6.07, 6.45) is 1.01. The van der Waals surface area contributed by atoms with Crippen LogP contribution in [0.25, 0.3) is 5.76 Å². The molecule has 1 saturated carbocycles. The Balaban J connectivity index is 2.14. The largest absolute Gasteiger partial charge is 0.506 e. The van der Waals surface area contributed by atoms with Crippen molar-refractivity contribution in [3.63, 3.8) is 0 Å². The summed E-state index contributed by atoms with van der Waals surface area (Å²) >= 11 is 6.04. The highest BCUT2D eigenvalue weighted by Crippen LogP contribution is 2.48. The number of nitrogens with one attached hydrogen (secondary N) is 1. The van der Waals surface area contributed by atoms with Gasteiger partial charge in [-0.1, -0.05) is 17.7 Å². The van der Waals surface area contributed by atoms with E-state index in [-0.39, 0.29) is 49.4 Å². The summed E-state index contributed by atoms with van der Waals surface area (Å²) in [5.74, 6) is -1.97. The molecule has 26 heavy (non-hydrogen) atoms. The van der Waals surface area contributed by atoms with E-state index in [2.05, 4.69) is 5.32 Å².